The van der Waals surface area contributed by atoms with E-state index in [9.17, 15) is 14.4 Å². The van der Waals surface area contributed by atoms with Crippen LogP contribution in [0.15, 0.2) is 78.9 Å². The molecule has 0 atom stereocenters. The van der Waals surface area contributed by atoms with Crippen LogP contribution < -0.4 is 5.32 Å². The van der Waals surface area contributed by atoms with Crippen LogP contribution in [0, 0.1) is 5.92 Å². The number of nitrogens with zero attached hydrogens (tertiary/aromatic N) is 2. The molecule has 1 heterocycles. The molecule has 0 aromatic heterocycles. The van der Waals surface area contributed by atoms with Crippen molar-refractivity contribution < 1.29 is 14.4 Å². The molecule has 6 nitrogen and oxygen atoms in total. The zero-order valence-electron chi connectivity index (χ0n) is 19.3. The third-order valence-corrected chi connectivity index (χ3v) is 6.19. The van der Waals surface area contributed by atoms with Crippen LogP contribution in [0.3, 0.4) is 0 Å². The Hall–Kier alpha value is -3.93. The van der Waals surface area contributed by atoms with Gasteiger partial charge in [-0.05, 0) is 35.9 Å². The topological polar surface area (TPSA) is 69.7 Å². The van der Waals surface area contributed by atoms with Crippen LogP contribution in [0.4, 0.5) is 5.69 Å². The van der Waals surface area contributed by atoms with Gasteiger partial charge in [0.2, 0.25) is 17.7 Å². The molecule has 174 valence electrons. The molecule has 1 aliphatic rings. The van der Waals surface area contributed by atoms with Crippen molar-refractivity contribution in [1.82, 2.24) is 9.80 Å². The molecule has 0 aliphatic carbocycles. The fraction of sp³-hybridized carbons (Fsp3) is 0.250. The van der Waals surface area contributed by atoms with Gasteiger partial charge in [0, 0.05) is 43.2 Å². The number of likely N-dealkylation sites (N-methyl/N-ethyl adjacent to an activating group) is 1. The number of fused-ring (bicyclic) bond motifs is 1. The van der Waals surface area contributed by atoms with Crippen molar-refractivity contribution in [3.63, 3.8) is 0 Å². The number of likely N-dealkylation sites (tertiary alicyclic amines) is 1. The Labute approximate surface area is 199 Å². The summed E-state index contributed by atoms with van der Waals surface area (Å²) in [6.07, 6.45) is 4.58. The monoisotopic (exact) mass is 455 g/mol. The fourth-order valence-electron chi connectivity index (χ4n) is 4.31. The highest BCUT2D eigenvalue weighted by Gasteiger charge is 2.29. The third kappa shape index (κ3) is 5.70. The van der Waals surface area contributed by atoms with Crippen molar-refractivity contribution >= 4 is 40.3 Å². The van der Waals surface area contributed by atoms with Gasteiger partial charge in [-0.25, -0.2) is 0 Å². The number of amides is 3. The predicted octanol–water partition coefficient (Wildman–Crippen LogP) is 4.19. The first-order chi connectivity index (χ1) is 16.5. The summed E-state index contributed by atoms with van der Waals surface area (Å²) in [5, 5.41) is 4.94. The first-order valence-electron chi connectivity index (χ1n) is 11.6. The number of carbonyl (C=O) groups excluding carboxylic acids is 3. The van der Waals surface area contributed by atoms with E-state index in [-0.39, 0.29) is 30.2 Å². The molecule has 1 saturated heterocycles. The van der Waals surface area contributed by atoms with Crippen LogP contribution in [0.2, 0.25) is 0 Å². The second-order valence-electron chi connectivity index (χ2n) is 8.61. The highest BCUT2D eigenvalue weighted by atomic mass is 16.2. The van der Waals surface area contributed by atoms with Gasteiger partial charge in [0.15, 0.2) is 0 Å². The molecule has 1 N–H and O–H groups in total. The summed E-state index contributed by atoms with van der Waals surface area (Å²) in [6, 6.07) is 23.3. The molecule has 0 spiro atoms. The van der Waals surface area contributed by atoms with E-state index in [0.29, 0.717) is 25.9 Å². The predicted molar refractivity (Wildman–Crippen MR) is 135 cm³/mol. The first kappa shape index (κ1) is 23.2. The maximum atomic E-state index is 12.9. The van der Waals surface area contributed by atoms with Crippen molar-refractivity contribution in [3.05, 3.63) is 84.4 Å². The van der Waals surface area contributed by atoms with Crippen LogP contribution in [-0.4, -0.2) is 54.2 Å². The molecule has 0 bridgehead atoms. The lowest BCUT2D eigenvalue weighted by atomic mass is 9.95. The highest BCUT2D eigenvalue weighted by Crippen LogP contribution is 2.23. The molecule has 4 rings (SSSR count). The number of anilines is 1. The minimum Gasteiger partial charge on any atom is -0.339 e. The molecule has 0 radical (unpaired) electrons. The summed E-state index contributed by atoms with van der Waals surface area (Å²) in [5.41, 5.74) is 1.71. The molecule has 6 heteroatoms. The molecule has 3 amide bonds. The number of carbonyl (C=O) groups is 3. The number of hydrogen-bond donors (Lipinski definition) is 1. The normalized spacial score (nSPS) is 14.3. The standard InChI is InChI=1S/C28H29N3O3/c1-30(20-26(32)29-25-13-7-11-22-10-5-6-12-24(22)25)28(34)23-16-18-31(19-17-23)27(33)15-14-21-8-3-2-4-9-21/h2-15,23H,16-20H2,1H3,(H,29,32)/b15-14+. The lowest BCUT2D eigenvalue weighted by Gasteiger charge is -2.32. The van der Waals surface area contributed by atoms with Crippen molar-refractivity contribution in [3.8, 4) is 0 Å². The average molecular weight is 456 g/mol. The zero-order valence-corrected chi connectivity index (χ0v) is 19.3. The summed E-state index contributed by atoms with van der Waals surface area (Å²) in [7, 11) is 1.66. The van der Waals surface area contributed by atoms with E-state index >= 15 is 0 Å². The van der Waals surface area contributed by atoms with Crippen LogP contribution in [-0.2, 0) is 14.4 Å². The Morgan fingerprint density at radius 2 is 1.62 bits per heavy atom. The van der Waals surface area contributed by atoms with Crippen molar-refractivity contribution in [2.45, 2.75) is 12.8 Å². The molecule has 3 aromatic carbocycles. The van der Waals surface area contributed by atoms with E-state index in [2.05, 4.69) is 5.32 Å². The zero-order chi connectivity index (χ0) is 23.9. The van der Waals surface area contributed by atoms with Gasteiger partial charge in [-0.15, -0.1) is 0 Å². The van der Waals surface area contributed by atoms with Gasteiger partial charge in [-0.3, -0.25) is 14.4 Å². The molecule has 1 fully saturated rings. The maximum Gasteiger partial charge on any atom is 0.246 e. The Balaban J connectivity index is 1.27. The summed E-state index contributed by atoms with van der Waals surface area (Å²) in [6.45, 7) is 1.05. The van der Waals surface area contributed by atoms with Gasteiger partial charge in [-0.1, -0.05) is 66.7 Å². The molecule has 1 aliphatic heterocycles. The minimum atomic E-state index is -0.231. The Morgan fingerprint density at radius 3 is 2.38 bits per heavy atom. The van der Waals surface area contributed by atoms with Crippen molar-refractivity contribution in [2.75, 3.05) is 32.0 Å². The largest absolute Gasteiger partial charge is 0.339 e. The van der Waals surface area contributed by atoms with Crippen LogP contribution >= 0.6 is 0 Å². The Bertz CT molecular complexity index is 1190. The molecule has 3 aromatic rings. The van der Waals surface area contributed by atoms with Gasteiger partial charge < -0.3 is 15.1 Å². The number of piperidine rings is 1. The van der Waals surface area contributed by atoms with E-state index in [1.165, 1.54) is 4.90 Å². The second kappa shape index (κ2) is 10.8. The molecule has 0 saturated carbocycles. The van der Waals surface area contributed by atoms with Gasteiger partial charge in [-0.2, -0.15) is 0 Å². The van der Waals surface area contributed by atoms with Crippen LogP contribution in [0.5, 0.6) is 0 Å². The summed E-state index contributed by atoms with van der Waals surface area (Å²) < 4.78 is 0. The van der Waals surface area contributed by atoms with E-state index in [0.717, 1.165) is 22.0 Å². The average Bonchev–Trinajstić information content (AvgIpc) is 2.87. The third-order valence-electron chi connectivity index (χ3n) is 6.19. The number of benzene rings is 3. The van der Waals surface area contributed by atoms with Gasteiger partial charge in [0.05, 0.1) is 6.54 Å². The molecular weight excluding hydrogens is 426 g/mol. The number of hydrogen-bond acceptors (Lipinski definition) is 3. The number of nitrogens with one attached hydrogen (secondary N) is 1. The quantitative estimate of drug-likeness (QED) is 0.567. The first-order valence-corrected chi connectivity index (χ1v) is 11.6. The van der Waals surface area contributed by atoms with Gasteiger partial charge >= 0.3 is 0 Å². The van der Waals surface area contributed by atoms with E-state index in [1.54, 1.807) is 18.0 Å². The van der Waals surface area contributed by atoms with Crippen LogP contribution in [0.25, 0.3) is 16.8 Å². The smallest absolute Gasteiger partial charge is 0.246 e. The molecular formula is C28H29N3O3. The van der Waals surface area contributed by atoms with Crippen LogP contribution in [0.1, 0.15) is 18.4 Å². The van der Waals surface area contributed by atoms with E-state index in [4.69, 9.17) is 0 Å². The molecule has 34 heavy (non-hydrogen) atoms. The summed E-state index contributed by atoms with van der Waals surface area (Å²) >= 11 is 0. The Morgan fingerprint density at radius 1 is 0.941 bits per heavy atom. The van der Waals surface area contributed by atoms with Gasteiger partial charge in [0.25, 0.3) is 0 Å². The Kier molecular flexibility index (Phi) is 7.38. The highest BCUT2D eigenvalue weighted by molar-refractivity contribution is 6.03. The number of rotatable bonds is 6. The van der Waals surface area contributed by atoms with E-state index < -0.39 is 0 Å². The van der Waals surface area contributed by atoms with Crippen molar-refractivity contribution in [2.24, 2.45) is 5.92 Å². The van der Waals surface area contributed by atoms with E-state index in [1.807, 2.05) is 78.9 Å². The van der Waals surface area contributed by atoms with Gasteiger partial charge in [0.1, 0.15) is 0 Å². The second-order valence-corrected chi connectivity index (χ2v) is 8.61. The SMILES string of the molecule is CN(CC(=O)Nc1cccc2ccccc12)C(=O)C1CCN(C(=O)/C=C/c2ccccc2)CC1. The lowest BCUT2D eigenvalue weighted by molar-refractivity contribution is -0.140. The lowest BCUT2D eigenvalue weighted by Crippen LogP contribution is -2.44. The summed E-state index contributed by atoms with van der Waals surface area (Å²) in [4.78, 5) is 41.3. The van der Waals surface area contributed by atoms with Crippen molar-refractivity contribution in [1.29, 1.82) is 0 Å². The molecule has 0 unspecified atom stereocenters. The summed E-state index contributed by atoms with van der Waals surface area (Å²) in [5.74, 6) is -0.513. The minimum absolute atomic E-state index is 0.0129. The maximum absolute atomic E-state index is 12.9. The fourth-order valence-corrected chi connectivity index (χ4v) is 4.31.